The molecule has 86 valence electrons. The SMILES string of the molecule is CCCn1ccnc1NCCOC(C)C. The summed E-state index contributed by atoms with van der Waals surface area (Å²) in [5.41, 5.74) is 0. The number of nitrogens with zero attached hydrogens (tertiary/aromatic N) is 2. The Labute approximate surface area is 91.7 Å². The van der Waals surface area contributed by atoms with Gasteiger partial charge in [-0.1, -0.05) is 6.92 Å². The molecule has 4 nitrogen and oxygen atoms in total. The summed E-state index contributed by atoms with van der Waals surface area (Å²) in [5, 5.41) is 3.26. The van der Waals surface area contributed by atoms with E-state index in [2.05, 4.69) is 21.8 Å². The molecule has 0 saturated heterocycles. The monoisotopic (exact) mass is 211 g/mol. The lowest BCUT2D eigenvalue weighted by molar-refractivity contribution is 0.0869. The molecule has 0 aromatic carbocycles. The van der Waals surface area contributed by atoms with Gasteiger partial charge in [-0.05, 0) is 20.3 Å². The molecule has 4 heteroatoms. The maximum absolute atomic E-state index is 5.44. The van der Waals surface area contributed by atoms with E-state index in [1.165, 1.54) is 0 Å². The largest absolute Gasteiger partial charge is 0.377 e. The Bertz CT molecular complexity index is 271. The summed E-state index contributed by atoms with van der Waals surface area (Å²) in [6, 6.07) is 0. The third kappa shape index (κ3) is 4.34. The molecule has 0 amide bonds. The number of rotatable bonds is 7. The lowest BCUT2D eigenvalue weighted by atomic mass is 10.5. The van der Waals surface area contributed by atoms with Crippen LogP contribution in [0.1, 0.15) is 27.2 Å². The van der Waals surface area contributed by atoms with Gasteiger partial charge in [0.25, 0.3) is 0 Å². The lowest BCUT2D eigenvalue weighted by Gasteiger charge is -2.10. The summed E-state index contributed by atoms with van der Waals surface area (Å²) in [6.07, 6.45) is 5.23. The van der Waals surface area contributed by atoms with E-state index in [-0.39, 0.29) is 0 Å². The van der Waals surface area contributed by atoms with Crippen LogP contribution in [0, 0.1) is 0 Å². The van der Waals surface area contributed by atoms with Crippen LogP contribution < -0.4 is 5.32 Å². The summed E-state index contributed by atoms with van der Waals surface area (Å²) in [4.78, 5) is 4.25. The molecule has 0 unspecified atom stereocenters. The van der Waals surface area contributed by atoms with E-state index in [1.54, 1.807) is 0 Å². The van der Waals surface area contributed by atoms with Crippen molar-refractivity contribution in [1.29, 1.82) is 0 Å². The fraction of sp³-hybridized carbons (Fsp3) is 0.727. The molecule has 1 heterocycles. The van der Waals surface area contributed by atoms with Crippen LogP contribution in [0.4, 0.5) is 5.95 Å². The maximum Gasteiger partial charge on any atom is 0.202 e. The predicted molar refractivity (Wildman–Crippen MR) is 62.1 cm³/mol. The van der Waals surface area contributed by atoms with Gasteiger partial charge in [0.1, 0.15) is 0 Å². The van der Waals surface area contributed by atoms with Crippen molar-refractivity contribution in [2.75, 3.05) is 18.5 Å². The first-order valence-corrected chi connectivity index (χ1v) is 5.60. The Morgan fingerprint density at radius 3 is 3.00 bits per heavy atom. The molecule has 1 aromatic rings. The van der Waals surface area contributed by atoms with Gasteiger partial charge in [-0.2, -0.15) is 0 Å². The molecule has 0 radical (unpaired) electrons. The van der Waals surface area contributed by atoms with Crippen molar-refractivity contribution in [3.05, 3.63) is 12.4 Å². The van der Waals surface area contributed by atoms with E-state index in [0.29, 0.717) is 6.10 Å². The van der Waals surface area contributed by atoms with Crippen LogP contribution in [-0.2, 0) is 11.3 Å². The molecule has 0 aliphatic rings. The Balaban J connectivity index is 2.27. The highest BCUT2D eigenvalue weighted by Gasteiger charge is 2.00. The topological polar surface area (TPSA) is 39.1 Å². The number of nitrogens with one attached hydrogen (secondary N) is 1. The van der Waals surface area contributed by atoms with Gasteiger partial charge in [0, 0.05) is 25.5 Å². The van der Waals surface area contributed by atoms with E-state index in [0.717, 1.165) is 32.1 Å². The minimum Gasteiger partial charge on any atom is -0.377 e. The van der Waals surface area contributed by atoms with Crippen LogP contribution >= 0.6 is 0 Å². The number of imidazole rings is 1. The van der Waals surface area contributed by atoms with Crippen molar-refractivity contribution in [3.8, 4) is 0 Å². The second-order valence-corrected chi connectivity index (χ2v) is 3.79. The number of ether oxygens (including phenoxy) is 1. The summed E-state index contributed by atoms with van der Waals surface area (Å²) in [5.74, 6) is 0.934. The van der Waals surface area contributed by atoms with E-state index < -0.39 is 0 Å². The average Bonchev–Trinajstić information content (AvgIpc) is 2.61. The zero-order chi connectivity index (χ0) is 11.1. The lowest BCUT2D eigenvalue weighted by Crippen LogP contribution is -2.15. The standard InChI is InChI=1S/C11H21N3O/c1-4-7-14-8-5-12-11(14)13-6-9-15-10(2)3/h5,8,10H,4,6-7,9H2,1-3H3,(H,12,13). The van der Waals surface area contributed by atoms with Crippen LogP contribution in [0.3, 0.4) is 0 Å². The van der Waals surface area contributed by atoms with Crippen molar-refractivity contribution >= 4 is 5.95 Å². The van der Waals surface area contributed by atoms with Gasteiger partial charge in [-0.25, -0.2) is 4.98 Å². The Hall–Kier alpha value is -1.03. The molecule has 0 aliphatic carbocycles. The molecule has 1 N–H and O–H groups in total. The van der Waals surface area contributed by atoms with E-state index in [9.17, 15) is 0 Å². The Morgan fingerprint density at radius 2 is 2.33 bits per heavy atom. The van der Waals surface area contributed by atoms with Gasteiger partial charge >= 0.3 is 0 Å². The minimum absolute atomic E-state index is 0.294. The number of hydrogen-bond acceptors (Lipinski definition) is 3. The highest BCUT2D eigenvalue weighted by atomic mass is 16.5. The first-order chi connectivity index (χ1) is 7.24. The van der Waals surface area contributed by atoms with Crippen LogP contribution in [0.5, 0.6) is 0 Å². The van der Waals surface area contributed by atoms with Gasteiger partial charge in [0.15, 0.2) is 0 Å². The van der Waals surface area contributed by atoms with Gasteiger partial charge in [0.05, 0.1) is 12.7 Å². The first-order valence-electron chi connectivity index (χ1n) is 5.60. The number of hydrogen-bond donors (Lipinski definition) is 1. The molecule has 0 fully saturated rings. The summed E-state index contributed by atoms with van der Waals surface area (Å²) >= 11 is 0. The van der Waals surface area contributed by atoms with Crippen molar-refractivity contribution in [2.45, 2.75) is 39.8 Å². The minimum atomic E-state index is 0.294. The molecule has 0 spiro atoms. The van der Waals surface area contributed by atoms with E-state index >= 15 is 0 Å². The molecule has 0 atom stereocenters. The third-order valence-electron chi connectivity index (χ3n) is 2.02. The second kappa shape index (κ2) is 6.45. The Kier molecular flexibility index (Phi) is 5.18. The molecule has 0 bridgehead atoms. The molecule has 0 saturated carbocycles. The third-order valence-corrected chi connectivity index (χ3v) is 2.02. The normalized spacial score (nSPS) is 10.9. The summed E-state index contributed by atoms with van der Waals surface area (Å²) in [6.45, 7) is 8.77. The molecule has 15 heavy (non-hydrogen) atoms. The summed E-state index contributed by atoms with van der Waals surface area (Å²) in [7, 11) is 0. The van der Waals surface area contributed by atoms with Gasteiger partial charge in [-0.3, -0.25) is 0 Å². The van der Waals surface area contributed by atoms with Crippen LogP contribution in [-0.4, -0.2) is 28.8 Å². The van der Waals surface area contributed by atoms with E-state index in [1.807, 2.05) is 26.2 Å². The number of aromatic nitrogens is 2. The van der Waals surface area contributed by atoms with Gasteiger partial charge < -0.3 is 14.6 Å². The van der Waals surface area contributed by atoms with Crippen molar-refractivity contribution in [3.63, 3.8) is 0 Å². The maximum atomic E-state index is 5.44. The predicted octanol–water partition coefficient (Wildman–Crippen LogP) is 2.13. The van der Waals surface area contributed by atoms with E-state index in [4.69, 9.17) is 4.74 Å². The van der Waals surface area contributed by atoms with Gasteiger partial charge in [-0.15, -0.1) is 0 Å². The van der Waals surface area contributed by atoms with Crippen molar-refractivity contribution < 1.29 is 4.74 Å². The zero-order valence-electron chi connectivity index (χ0n) is 9.86. The Morgan fingerprint density at radius 1 is 1.53 bits per heavy atom. The number of anilines is 1. The van der Waals surface area contributed by atoms with Gasteiger partial charge in [0.2, 0.25) is 5.95 Å². The van der Waals surface area contributed by atoms with Crippen LogP contribution in [0.2, 0.25) is 0 Å². The quantitative estimate of drug-likeness (QED) is 0.702. The molecule has 0 aliphatic heterocycles. The smallest absolute Gasteiger partial charge is 0.202 e. The highest BCUT2D eigenvalue weighted by molar-refractivity contribution is 5.25. The average molecular weight is 211 g/mol. The zero-order valence-corrected chi connectivity index (χ0v) is 9.86. The first kappa shape index (κ1) is 12.0. The fourth-order valence-electron chi connectivity index (χ4n) is 1.36. The molecule has 1 aromatic heterocycles. The molecule has 1 rings (SSSR count). The molecular weight excluding hydrogens is 190 g/mol. The fourth-order valence-corrected chi connectivity index (χ4v) is 1.36. The van der Waals surface area contributed by atoms with Crippen molar-refractivity contribution in [2.24, 2.45) is 0 Å². The van der Waals surface area contributed by atoms with Crippen LogP contribution in [0.15, 0.2) is 12.4 Å². The van der Waals surface area contributed by atoms with Crippen molar-refractivity contribution in [1.82, 2.24) is 9.55 Å². The van der Waals surface area contributed by atoms with Crippen LogP contribution in [0.25, 0.3) is 0 Å². The molecular formula is C11H21N3O. The summed E-state index contributed by atoms with van der Waals surface area (Å²) < 4.78 is 7.56. The highest BCUT2D eigenvalue weighted by Crippen LogP contribution is 2.04. The number of aryl methyl sites for hydroxylation is 1. The second-order valence-electron chi connectivity index (χ2n) is 3.79.